The second kappa shape index (κ2) is 9.03. The summed E-state index contributed by atoms with van der Waals surface area (Å²) in [5.41, 5.74) is 1.24. The lowest BCUT2D eigenvalue weighted by Crippen LogP contribution is -2.44. The molecule has 0 aliphatic rings. The maximum atomic E-state index is 13.6. The smallest absolute Gasteiger partial charge is 0.261 e. The average Bonchev–Trinajstić information content (AvgIpc) is 2.67. The number of nitrogens with one attached hydrogen (secondary N) is 2. The Balaban J connectivity index is 2.12. The largest absolute Gasteiger partial charge is 0.481 e. The van der Waals surface area contributed by atoms with Gasteiger partial charge in [0.1, 0.15) is 11.8 Å². The van der Waals surface area contributed by atoms with Gasteiger partial charge >= 0.3 is 0 Å². The van der Waals surface area contributed by atoms with Crippen LogP contribution in [0.3, 0.4) is 0 Å². The number of carbonyl (C=O) groups is 2. The Kier molecular flexibility index (Phi) is 6.95. The number of likely N-dealkylation sites (N-methyl/N-ethyl adjacent to an activating group) is 1. The molecule has 0 radical (unpaired) electrons. The quantitative estimate of drug-likeness (QED) is 0.773. The standard InChI is InChI=1S/C22H26F2N2O3/c1-13(29-16-9-7-15(8-10-16)22(2,3)4)20(27)26-19(21(28)25-5)14-6-11-17(23)18(24)12-14/h6-13,19H,1-5H3,(H,25,28)(H,26,27). The van der Waals surface area contributed by atoms with Crippen molar-refractivity contribution in [2.24, 2.45) is 0 Å². The van der Waals surface area contributed by atoms with Gasteiger partial charge in [-0.1, -0.05) is 39.0 Å². The third-order valence-electron chi connectivity index (χ3n) is 4.47. The molecule has 7 heteroatoms. The number of hydrogen-bond acceptors (Lipinski definition) is 3. The molecule has 156 valence electrons. The van der Waals surface area contributed by atoms with Crippen molar-refractivity contribution in [2.45, 2.75) is 45.3 Å². The summed E-state index contributed by atoms with van der Waals surface area (Å²) >= 11 is 0. The molecule has 2 unspecified atom stereocenters. The van der Waals surface area contributed by atoms with Crippen LogP contribution in [-0.2, 0) is 15.0 Å². The van der Waals surface area contributed by atoms with Crippen molar-refractivity contribution in [1.29, 1.82) is 0 Å². The predicted molar refractivity (Wildman–Crippen MR) is 107 cm³/mol. The lowest BCUT2D eigenvalue weighted by Gasteiger charge is -2.22. The van der Waals surface area contributed by atoms with Crippen molar-refractivity contribution in [2.75, 3.05) is 7.05 Å². The third kappa shape index (κ3) is 5.76. The number of amides is 2. The molecule has 0 fully saturated rings. The van der Waals surface area contributed by atoms with Gasteiger partial charge < -0.3 is 15.4 Å². The highest BCUT2D eigenvalue weighted by atomic mass is 19.2. The monoisotopic (exact) mass is 404 g/mol. The van der Waals surface area contributed by atoms with Gasteiger partial charge in [-0.2, -0.15) is 0 Å². The average molecular weight is 404 g/mol. The summed E-state index contributed by atoms with van der Waals surface area (Å²) in [5.74, 6) is -2.76. The highest BCUT2D eigenvalue weighted by Gasteiger charge is 2.26. The van der Waals surface area contributed by atoms with E-state index in [-0.39, 0.29) is 11.0 Å². The molecule has 2 N–H and O–H groups in total. The summed E-state index contributed by atoms with van der Waals surface area (Å²) in [6.45, 7) is 7.82. The van der Waals surface area contributed by atoms with Gasteiger partial charge in [0.05, 0.1) is 0 Å². The molecule has 5 nitrogen and oxygen atoms in total. The Labute approximate surface area is 169 Å². The molecule has 2 atom stereocenters. The number of ether oxygens (including phenoxy) is 1. The molecular weight excluding hydrogens is 378 g/mol. The first-order valence-corrected chi connectivity index (χ1v) is 9.27. The number of rotatable bonds is 6. The molecule has 0 saturated heterocycles. The molecule has 0 saturated carbocycles. The van der Waals surface area contributed by atoms with E-state index in [1.807, 2.05) is 12.1 Å². The van der Waals surface area contributed by atoms with Gasteiger partial charge in [-0.05, 0) is 47.7 Å². The van der Waals surface area contributed by atoms with Crippen molar-refractivity contribution in [3.8, 4) is 5.75 Å². The van der Waals surface area contributed by atoms with Crippen molar-refractivity contribution in [3.05, 3.63) is 65.2 Å². The number of halogens is 2. The Morgan fingerprint density at radius 2 is 1.59 bits per heavy atom. The minimum atomic E-state index is -1.18. The third-order valence-corrected chi connectivity index (χ3v) is 4.47. The van der Waals surface area contributed by atoms with E-state index in [2.05, 4.69) is 31.4 Å². The van der Waals surface area contributed by atoms with Crippen molar-refractivity contribution in [1.82, 2.24) is 10.6 Å². The van der Waals surface area contributed by atoms with Crippen LogP contribution in [0.5, 0.6) is 5.75 Å². The summed E-state index contributed by atoms with van der Waals surface area (Å²) in [7, 11) is 1.39. The zero-order valence-electron chi connectivity index (χ0n) is 17.2. The highest BCUT2D eigenvalue weighted by Crippen LogP contribution is 2.25. The number of benzene rings is 2. The second-order valence-corrected chi connectivity index (χ2v) is 7.76. The van der Waals surface area contributed by atoms with E-state index in [9.17, 15) is 18.4 Å². The molecule has 29 heavy (non-hydrogen) atoms. The van der Waals surface area contributed by atoms with Gasteiger partial charge in [0.25, 0.3) is 5.91 Å². The Morgan fingerprint density at radius 3 is 2.10 bits per heavy atom. The fourth-order valence-corrected chi connectivity index (χ4v) is 2.69. The first-order valence-electron chi connectivity index (χ1n) is 9.27. The van der Waals surface area contributed by atoms with Crippen LogP contribution in [0.15, 0.2) is 42.5 Å². The number of carbonyl (C=O) groups excluding carboxylic acids is 2. The first-order chi connectivity index (χ1) is 13.5. The molecular formula is C22H26F2N2O3. The lowest BCUT2D eigenvalue weighted by atomic mass is 9.87. The van der Waals surface area contributed by atoms with Crippen LogP contribution in [0.25, 0.3) is 0 Å². The maximum Gasteiger partial charge on any atom is 0.261 e. The zero-order valence-corrected chi connectivity index (χ0v) is 17.2. The van der Waals surface area contributed by atoms with Crippen molar-refractivity contribution >= 4 is 11.8 Å². The topological polar surface area (TPSA) is 67.4 Å². The normalized spacial score (nSPS) is 13.3. The molecule has 0 aliphatic carbocycles. The van der Waals surface area contributed by atoms with Crippen LogP contribution >= 0.6 is 0 Å². The molecule has 0 aliphatic heterocycles. The van der Waals surface area contributed by atoms with Gasteiger partial charge in [-0.3, -0.25) is 9.59 Å². The van der Waals surface area contributed by atoms with Crippen LogP contribution < -0.4 is 15.4 Å². The summed E-state index contributed by atoms with van der Waals surface area (Å²) < 4.78 is 32.4. The highest BCUT2D eigenvalue weighted by molar-refractivity contribution is 5.90. The zero-order chi connectivity index (χ0) is 21.8. The van der Waals surface area contributed by atoms with E-state index >= 15 is 0 Å². The molecule has 0 bridgehead atoms. The summed E-state index contributed by atoms with van der Waals surface area (Å²) in [4.78, 5) is 24.7. The van der Waals surface area contributed by atoms with E-state index in [0.29, 0.717) is 5.75 Å². The predicted octanol–water partition coefficient (Wildman–Crippen LogP) is 3.63. The fourth-order valence-electron chi connectivity index (χ4n) is 2.69. The molecule has 0 aromatic heterocycles. The number of hydrogen-bond donors (Lipinski definition) is 2. The van der Waals surface area contributed by atoms with Crippen LogP contribution in [0.4, 0.5) is 8.78 Å². The SMILES string of the molecule is CNC(=O)C(NC(=O)C(C)Oc1ccc(C(C)(C)C)cc1)c1ccc(F)c(F)c1. The van der Waals surface area contributed by atoms with Gasteiger partial charge in [0, 0.05) is 7.05 Å². The van der Waals surface area contributed by atoms with E-state index in [1.54, 1.807) is 19.1 Å². The van der Waals surface area contributed by atoms with Crippen LogP contribution in [-0.4, -0.2) is 25.0 Å². The molecule has 0 spiro atoms. The Bertz CT molecular complexity index is 877. The van der Waals surface area contributed by atoms with Crippen LogP contribution in [0.1, 0.15) is 44.9 Å². The van der Waals surface area contributed by atoms with Gasteiger partial charge in [-0.15, -0.1) is 0 Å². The Morgan fingerprint density at radius 1 is 0.966 bits per heavy atom. The van der Waals surface area contributed by atoms with E-state index in [4.69, 9.17) is 4.74 Å². The Hall–Kier alpha value is -2.96. The van der Waals surface area contributed by atoms with E-state index in [1.165, 1.54) is 13.1 Å². The lowest BCUT2D eigenvalue weighted by molar-refractivity contribution is -0.132. The molecule has 2 rings (SSSR count). The fraction of sp³-hybridized carbons (Fsp3) is 0.364. The summed E-state index contributed by atoms with van der Waals surface area (Å²) in [6, 6.07) is 9.25. The van der Waals surface area contributed by atoms with Crippen molar-refractivity contribution in [3.63, 3.8) is 0 Å². The minimum Gasteiger partial charge on any atom is -0.481 e. The second-order valence-electron chi connectivity index (χ2n) is 7.76. The van der Waals surface area contributed by atoms with Crippen LogP contribution in [0.2, 0.25) is 0 Å². The summed E-state index contributed by atoms with van der Waals surface area (Å²) in [6.07, 6.45) is -0.909. The summed E-state index contributed by atoms with van der Waals surface area (Å²) in [5, 5.41) is 4.92. The van der Waals surface area contributed by atoms with Crippen molar-refractivity contribution < 1.29 is 23.1 Å². The van der Waals surface area contributed by atoms with E-state index in [0.717, 1.165) is 17.7 Å². The maximum absolute atomic E-state index is 13.6. The van der Waals surface area contributed by atoms with Gasteiger partial charge in [0.15, 0.2) is 17.7 Å². The van der Waals surface area contributed by atoms with Gasteiger partial charge in [-0.25, -0.2) is 8.78 Å². The molecule has 2 aromatic carbocycles. The minimum absolute atomic E-state index is 0.00725. The van der Waals surface area contributed by atoms with E-state index < -0.39 is 35.6 Å². The molecule has 2 amide bonds. The first kappa shape index (κ1) is 22.3. The van der Waals surface area contributed by atoms with Gasteiger partial charge in [0.2, 0.25) is 5.91 Å². The van der Waals surface area contributed by atoms with Crippen LogP contribution in [0, 0.1) is 11.6 Å². The molecule has 2 aromatic rings. The molecule has 0 heterocycles.